The van der Waals surface area contributed by atoms with Gasteiger partial charge in [0.2, 0.25) is 5.91 Å². The van der Waals surface area contributed by atoms with Crippen LogP contribution in [0.3, 0.4) is 0 Å². The lowest BCUT2D eigenvalue weighted by Crippen LogP contribution is -2.43. The van der Waals surface area contributed by atoms with Crippen molar-refractivity contribution in [1.82, 2.24) is 5.32 Å². The number of hydrogen-bond donors (Lipinski definition) is 3. The Kier molecular flexibility index (Phi) is 3.09. The summed E-state index contributed by atoms with van der Waals surface area (Å²) < 4.78 is 0. The van der Waals surface area contributed by atoms with E-state index in [0.29, 0.717) is 0 Å². The highest BCUT2D eigenvalue weighted by atomic mass is 16.4. The second-order valence-corrected chi connectivity index (χ2v) is 4.78. The molecule has 0 spiro atoms. The van der Waals surface area contributed by atoms with E-state index in [1.807, 2.05) is 6.92 Å². The van der Waals surface area contributed by atoms with Crippen LogP contribution in [0.5, 0.6) is 0 Å². The molecule has 5 nitrogen and oxygen atoms in total. The van der Waals surface area contributed by atoms with Gasteiger partial charge in [-0.3, -0.25) is 4.79 Å². The van der Waals surface area contributed by atoms with Crippen molar-refractivity contribution >= 4 is 11.9 Å². The van der Waals surface area contributed by atoms with E-state index in [2.05, 4.69) is 5.32 Å². The minimum absolute atomic E-state index is 0.141. The second-order valence-electron chi connectivity index (χ2n) is 4.78. The Morgan fingerprint density at radius 1 is 1.33 bits per heavy atom. The lowest BCUT2D eigenvalue weighted by atomic mass is 10.1. The summed E-state index contributed by atoms with van der Waals surface area (Å²) in [5.74, 6) is -1.10. The maximum Gasteiger partial charge on any atom is 0.335 e. The highest BCUT2D eigenvalue weighted by Gasteiger charge is 2.46. The molecule has 1 aliphatic carbocycles. The Balaban J connectivity index is 2.02. The molecule has 0 radical (unpaired) electrons. The van der Waals surface area contributed by atoms with Crippen LogP contribution in [0, 0.1) is 0 Å². The zero-order chi connectivity index (χ0) is 13.3. The number of benzene rings is 1. The summed E-state index contributed by atoms with van der Waals surface area (Å²) in [6.45, 7) is 1.85. The number of carbonyl (C=O) groups excluding carboxylic acids is 1. The third kappa shape index (κ3) is 2.51. The molecule has 2 rings (SSSR count). The quantitative estimate of drug-likeness (QED) is 0.742. The number of nitrogens with two attached hydrogens (primary N) is 1. The van der Waals surface area contributed by atoms with E-state index < -0.39 is 11.5 Å². The predicted octanol–water partition coefficient (Wildman–Crippen LogP) is 1.05. The number of carboxylic acids is 1. The first-order valence-electron chi connectivity index (χ1n) is 5.85. The van der Waals surface area contributed by atoms with Crippen molar-refractivity contribution in [3.05, 3.63) is 35.4 Å². The molecule has 1 atom stereocenters. The topological polar surface area (TPSA) is 92.4 Å². The normalized spacial score (nSPS) is 17.9. The van der Waals surface area contributed by atoms with Crippen LogP contribution in [0.1, 0.15) is 41.7 Å². The number of amides is 1. The van der Waals surface area contributed by atoms with Gasteiger partial charge in [0.15, 0.2) is 0 Å². The molecule has 5 heteroatoms. The Morgan fingerprint density at radius 3 is 2.33 bits per heavy atom. The van der Waals surface area contributed by atoms with Crippen molar-refractivity contribution in [2.24, 2.45) is 5.73 Å². The van der Waals surface area contributed by atoms with Gasteiger partial charge in [-0.2, -0.15) is 0 Å². The Hall–Kier alpha value is -1.88. The van der Waals surface area contributed by atoms with Crippen LogP contribution in [0.15, 0.2) is 24.3 Å². The van der Waals surface area contributed by atoms with Crippen molar-refractivity contribution in [3.8, 4) is 0 Å². The zero-order valence-corrected chi connectivity index (χ0v) is 10.1. The van der Waals surface area contributed by atoms with Crippen molar-refractivity contribution < 1.29 is 14.7 Å². The molecule has 1 saturated carbocycles. The molecule has 0 saturated heterocycles. The van der Waals surface area contributed by atoms with Gasteiger partial charge in [0.05, 0.1) is 17.1 Å². The molecule has 1 amide bonds. The molecule has 0 aliphatic heterocycles. The van der Waals surface area contributed by atoms with Gasteiger partial charge in [0.1, 0.15) is 0 Å². The van der Waals surface area contributed by atoms with E-state index in [0.717, 1.165) is 18.4 Å². The maximum atomic E-state index is 11.8. The van der Waals surface area contributed by atoms with E-state index in [4.69, 9.17) is 10.8 Å². The van der Waals surface area contributed by atoms with Gasteiger partial charge in [-0.05, 0) is 37.5 Å². The van der Waals surface area contributed by atoms with Crippen LogP contribution in [0.25, 0.3) is 0 Å². The molecule has 4 N–H and O–H groups in total. The molecule has 0 aromatic heterocycles. The van der Waals surface area contributed by atoms with E-state index in [-0.39, 0.29) is 17.5 Å². The first-order chi connectivity index (χ1) is 8.42. The summed E-state index contributed by atoms with van der Waals surface area (Å²) in [6, 6.07) is 6.27. The smallest absolute Gasteiger partial charge is 0.335 e. The van der Waals surface area contributed by atoms with Crippen molar-refractivity contribution in [1.29, 1.82) is 0 Å². The van der Waals surface area contributed by atoms with Crippen LogP contribution in [0.4, 0.5) is 0 Å². The van der Waals surface area contributed by atoms with Crippen LogP contribution in [0.2, 0.25) is 0 Å². The maximum absolute atomic E-state index is 11.8. The largest absolute Gasteiger partial charge is 0.478 e. The number of nitrogens with one attached hydrogen (secondary N) is 1. The fraction of sp³-hybridized carbons (Fsp3) is 0.385. The summed E-state index contributed by atoms with van der Waals surface area (Å²) in [6.07, 6.45) is 1.45. The molecule has 1 aliphatic rings. The summed E-state index contributed by atoms with van der Waals surface area (Å²) in [5, 5.41) is 11.6. The molecule has 0 bridgehead atoms. The summed E-state index contributed by atoms with van der Waals surface area (Å²) in [4.78, 5) is 22.5. The van der Waals surface area contributed by atoms with Gasteiger partial charge < -0.3 is 16.2 Å². The third-order valence-electron chi connectivity index (χ3n) is 3.25. The first kappa shape index (κ1) is 12.6. The number of hydrogen-bond acceptors (Lipinski definition) is 3. The highest BCUT2D eigenvalue weighted by molar-refractivity contribution is 5.89. The fourth-order valence-corrected chi connectivity index (χ4v) is 1.70. The van der Waals surface area contributed by atoms with Crippen LogP contribution in [-0.4, -0.2) is 22.5 Å². The van der Waals surface area contributed by atoms with E-state index in [1.165, 1.54) is 12.1 Å². The van der Waals surface area contributed by atoms with Crippen LogP contribution in [-0.2, 0) is 4.79 Å². The lowest BCUT2D eigenvalue weighted by Gasteiger charge is -2.17. The number of carboxylic acid groups (broad SMARTS) is 1. The Labute approximate surface area is 105 Å². The fourth-order valence-electron chi connectivity index (χ4n) is 1.70. The van der Waals surface area contributed by atoms with Gasteiger partial charge in [0.25, 0.3) is 0 Å². The van der Waals surface area contributed by atoms with Crippen molar-refractivity contribution in [2.45, 2.75) is 31.3 Å². The highest BCUT2D eigenvalue weighted by Crippen LogP contribution is 2.32. The van der Waals surface area contributed by atoms with Gasteiger partial charge in [-0.25, -0.2) is 4.79 Å². The minimum atomic E-state index is -0.961. The van der Waals surface area contributed by atoms with E-state index in [9.17, 15) is 9.59 Å². The molecule has 0 heterocycles. The molecular weight excluding hydrogens is 232 g/mol. The van der Waals surface area contributed by atoms with Crippen LogP contribution < -0.4 is 11.1 Å². The second kappa shape index (κ2) is 4.42. The summed E-state index contributed by atoms with van der Waals surface area (Å²) in [7, 11) is 0. The number of carbonyl (C=O) groups is 2. The molecular formula is C13H16N2O3. The molecule has 18 heavy (non-hydrogen) atoms. The minimum Gasteiger partial charge on any atom is -0.478 e. The SMILES string of the molecule is C[C@@H](NC(=O)C1(N)CC1)c1ccc(C(=O)O)cc1. The van der Waals surface area contributed by atoms with Crippen molar-refractivity contribution in [2.75, 3.05) is 0 Å². The van der Waals surface area contributed by atoms with E-state index >= 15 is 0 Å². The van der Waals surface area contributed by atoms with Crippen LogP contribution >= 0.6 is 0 Å². The zero-order valence-electron chi connectivity index (χ0n) is 10.1. The molecule has 0 unspecified atom stereocenters. The van der Waals surface area contributed by atoms with E-state index in [1.54, 1.807) is 12.1 Å². The average molecular weight is 248 g/mol. The van der Waals surface area contributed by atoms with Gasteiger partial charge in [0, 0.05) is 0 Å². The Bertz CT molecular complexity index is 478. The lowest BCUT2D eigenvalue weighted by molar-refractivity contribution is -0.123. The third-order valence-corrected chi connectivity index (χ3v) is 3.25. The number of aromatic carboxylic acids is 1. The summed E-state index contributed by atoms with van der Waals surface area (Å²) >= 11 is 0. The first-order valence-corrected chi connectivity index (χ1v) is 5.85. The standard InChI is InChI=1S/C13H16N2O3/c1-8(15-12(18)13(14)6-7-13)9-2-4-10(5-3-9)11(16)17/h2-5,8H,6-7,14H2,1H3,(H,15,18)(H,16,17)/t8-/m1/s1. The van der Waals surface area contributed by atoms with Gasteiger partial charge >= 0.3 is 5.97 Å². The number of rotatable bonds is 4. The summed E-state index contributed by atoms with van der Waals surface area (Å²) in [5.41, 5.74) is 6.20. The monoisotopic (exact) mass is 248 g/mol. The molecule has 1 fully saturated rings. The Morgan fingerprint density at radius 2 is 1.89 bits per heavy atom. The molecule has 96 valence electrons. The predicted molar refractivity (Wildman–Crippen MR) is 66.1 cm³/mol. The molecule has 1 aromatic rings. The molecule has 1 aromatic carbocycles. The average Bonchev–Trinajstić information content (AvgIpc) is 3.08. The van der Waals surface area contributed by atoms with Gasteiger partial charge in [-0.1, -0.05) is 12.1 Å². The van der Waals surface area contributed by atoms with Gasteiger partial charge in [-0.15, -0.1) is 0 Å². The van der Waals surface area contributed by atoms with Crippen molar-refractivity contribution in [3.63, 3.8) is 0 Å².